The van der Waals surface area contributed by atoms with E-state index in [2.05, 4.69) is 43.0 Å². The van der Waals surface area contributed by atoms with Gasteiger partial charge in [-0.3, -0.25) is 0 Å². The lowest BCUT2D eigenvalue weighted by Gasteiger charge is -2.31. The Morgan fingerprint density at radius 1 is 1.00 bits per heavy atom. The van der Waals surface area contributed by atoms with Crippen molar-refractivity contribution in [2.45, 2.75) is 18.9 Å². The second-order valence-corrected chi connectivity index (χ2v) is 7.47. The van der Waals surface area contributed by atoms with Crippen LogP contribution in [0, 0.1) is 0 Å². The van der Waals surface area contributed by atoms with Crippen LogP contribution in [0.4, 0.5) is 33.5 Å². The fraction of sp³-hybridized carbons (Fsp3) is 0.227. The maximum Gasteiger partial charge on any atom is 0.323 e. The number of anilines is 5. The van der Waals surface area contributed by atoms with Crippen LogP contribution in [0.15, 0.2) is 54.7 Å². The molecule has 0 atom stereocenters. The molecule has 3 aromatic rings. The van der Waals surface area contributed by atoms with E-state index in [1.54, 1.807) is 6.20 Å². The van der Waals surface area contributed by atoms with Crippen LogP contribution < -0.4 is 20.9 Å². The lowest BCUT2D eigenvalue weighted by Crippen LogP contribution is -2.35. The van der Waals surface area contributed by atoms with Crippen molar-refractivity contribution < 1.29 is 9.90 Å². The van der Waals surface area contributed by atoms with E-state index in [-0.39, 0.29) is 12.1 Å². The van der Waals surface area contributed by atoms with Crippen LogP contribution in [-0.4, -0.2) is 40.3 Å². The molecule has 0 aliphatic carbocycles. The molecule has 4 N–H and O–H groups in total. The van der Waals surface area contributed by atoms with Gasteiger partial charge in [-0.1, -0.05) is 18.2 Å². The minimum absolute atomic E-state index is 0.183. The second kappa shape index (κ2) is 7.64. The van der Waals surface area contributed by atoms with Gasteiger partial charge in [0.1, 0.15) is 5.69 Å². The molecule has 3 heterocycles. The van der Waals surface area contributed by atoms with Crippen molar-refractivity contribution >= 4 is 34.7 Å². The molecule has 5 rings (SSSR count). The minimum atomic E-state index is -0.314. The van der Waals surface area contributed by atoms with Gasteiger partial charge in [-0.05, 0) is 43.2 Å². The van der Waals surface area contributed by atoms with Gasteiger partial charge in [0.05, 0.1) is 23.7 Å². The summed E-state index contributed by atoms with van der Waals surface area (Å²) in [5.74, 6) is 0.452. The summed E-state index contributed by atoms with van der Waals surface area (Å²) >= 11 is 0. The highest BCUT2D eigenvalue weighted by molar-refractivity contribution is 6.07. The number of carbonyl (C=O) groups excluding carboxylic acids is 1. The molecule has 30 heavy (non-hydrogen) atoms. The summed E-state index contributed by atoms with van der Waals surface area (Å²) in [4.78, 5) is 23.3. The summed E-state index contributed by atoms with van der Waals surface area (Å²) < 4.78 is 0. The number of aliphatic hydroxyl groups is 1. The number of benzene rings is 2. The van der Waals surface area contributed by atoms with Crippen molar-refractivity contribution in [2.24, 2.45) is 0 Å². The largest absolute Gasteiger partial charge is 0.393 e. The molecule has 0 spiro atoms. The third-order valence-corrected chi connectivity index (χ3v) is 5.42. The molecule has 0 unspecified atom stereocenters. The molecular formula is C22H22N6O2. The number of rotatable bonds is 3. The standard InChI is InChI=1S/C22H22N6O2/c29-16-9-11-28(12-10-16)15-7-5-14(6-8-15)24-21-23-13-19-20(27-21)17-3-1-2-4-18(17)25-22(30)26-19/h1-8,13,16,29H,9-12H2,(H,23,24,27)(H2,25,26,30). The first-order chi connectivity index (χ1) is 14.7. The number of piperidine rings is 1. The molecule has 0 bridgehead atoms. The Morgan fingerprint density at radius 2 is 1.73 bits per heavy atom. The molecule has 152 valence electrons. The number of urea groups is 1. The normalized spacial score (nSPS) is 16.0. The zero-order valence-electron chi connectivity index (χ0n) is 16.3. The van der Waals surface area contributed by atoms with E-state index in [4.69, 9.17) is 0 Å². The fourth-order valence-electron chi connectivity index (χ4n) is 3.82. The molecule has 1 saturated heterocycles. The van der Waals surface area contributed by atoms with E-state index in [9.17, 15) is 9.90 Å². The number of hydrogen-bond donors (Lipinski definition) is 4. The molecular weight excluding hydrogens is 380 g/mol. The van der Waals surface area contributed by atoms with Crippen LogP contribution in [0.3, 0.4) is 0 Å². The molecule has 2 amide bonds. The number of nitrogens with zero attached hydrogens (tertiary/aromatic N) is 3. The van der Waals surface area contributed by atoms with Gasteiger partial charge in [0.15, 0.2) is 0 Å². The summed E-state index contributed by atoms with van der Waals surface area (Å²) in [5.41, 5.74) is 4.77. The van der Waals surface area contributed by atoms with E-state index < -0.39 is 0 Å². The lowest BCUT2D eigenvalue weighted by molar-refractivity contribution is 0.145. The van der Waals surface area contributed by atoms with Crippen molar-refractivity contribution in [3.05, 3.63) is 54.7 Å². The lowest BCUT2D eigenvalue weighted by atomic mass is 10.1. The predicted octanol–water partition coefficient (Wildman–Crippen LogP) is 3.81. The summed E-state index contributed by atoms with van der Waals surface area (Å²) in [6.45, 7) is 1.72. The Balaban J connectivity index is 1.38. The van der Waals surface area contributed by atoms with E-state index in [1.807, 2.05) is 36.4 Å². The highest BCUT2D eigenvalue weighted by Crippen LogP contribution is 2.35. The first-order valence-electron chi connectivity index (χ1n) is 10.0. The first-order valence-corrected chi connectivity index (χ1v) is 10.0. The molecule has 8 nitrogen and oxygen atoms in total. The van der Waals surface area contributed by atoms with Crippen LogP contribution in [-0.2, 0) is 0 Å². The van der Waals surface area contributed by atoms with E-state index in [0.29, 0.717) is 23.0 Å². The zero-order valence-corrected chi connectivity index (χ0v) is 16.3. The average Bonchev–Trinajstić information content (AvgIpc) is 2.90. The van der Waals surface area contributed by atoms with Crippen molar-refractivity contribution in [1.82, 2.24) is 9.97 Å². The number of amides is 2. The summed E-state index contributed by atoms with van der Waals surface area (Å²) in [6, 6.07) is 15.3. The van der Waals surface area contributed by atoms with E-state index >= 15 is 0 Å². The molecule has 2 aliphatic heterocycles. The monoisotopic (exact) mass is 402 g/mol. The van der Waals surface area contributed by atoms with Crippen LogP contribution in [0.2, 0.25) is 0 Å². The third-order valence-electron chi connectivity index (χ3n) is 5.42. The Hall–Kier alpha value is -3.65. The number of aromatic nitrogens is 2. The van der Waals surface area contributed by atoms with Crippen molar-refractivity contribution in [3.63, 3.8) is 0 Å². The first kappa shape index (κ1) is 18.4. The number of hydrogen-bond acceptors (Lipinski definition) is 6. The molecule has 2 aromatic carbocycles. The number of para-hydroxylation sites is 1. The summed E-state index contributed by atoms with van der Waals surface area (Å²) in [5, 5.41) is 18.5. The Labute approximate surface area is 174 Å². The van der Waals surface area contributed by atoms with Gasteiger partial charge in [-0.15, -0.1) is 0 Å². The van der Waals surface area contributed by atoms with Crippen molar-refractivity contribution in [2.75, 3.05) is 33.9 Å². The molecule has 0 saturated carbocycles. The van der Waals surface area contributed by atoms with E-state index in [0.717, 1.165) is 42.9 Å². The second-order valence-electron chi connectivity index (χ2n) is 7.47. The van der Waals surface area contributed by atoms with Gasteiger partial charge < -0.3 is 26.0 Å². The van der Waals surface area contributed by atoms with Gasteiger partial charge in [0, 0.05) is 30.0 Å². The Morgan fingerprint density at radius 3 is 2.53 bits per heavy atom. The van der Waals surface area contributed by atoms with Crippen molar-refractivity contribution in [3.8, 4) is 11.3 Å². The Kier molecular flexibility index (Phi) is 4.68. The van der Waals surface area contributed by atoms with Gasteiger partial charge >= 0.3 is 6.03 Å². The minimum Gasteiger partial charge on any atom is -0.393 e. The maximum atomic E-state index is 12.1. The number of aliphatic hydroxyl groups excluding tert-OH is 1. The number of carbonyl (C=O) groups is 1. The van der Waals surface area contributed by atoms with Gasteiger partial charge in [0.2, 0.25) is 5.95 Å². The van der Waals surface area contributed by atoms with Gasteiger partial charge in [-0.2, -0.15) is 0 Å². The Bertz CT molecular complexity index is 1080. The summed E-state index contributed by atoms with van der Waals surface area (Å²) in [6.07, 6.45) is 3.03. The van der Waals surface area contributed by atoms with E-state index in [1.165, 1.54) is 0 Å². The van der Waals surface area contributed by atoms with Crippen LogP contribution in [0.5, 0.6) is 0 Å². The van der Waals surface area contributed by atoms with Crippen LogP contribution >= 0.6 is 0 Å². The molecule has 0 radical (unpaired) electrons. The molecule has 2 aliphatic rings. The quantitative estimate of drug-likeness (QED) is 0.531. The fourth-order valence-corrected chi connectivity index (χ4v) is 3.82. The highest BCUT2D eigenvalue weighted by atomic mass is 16.3. The average molecular weight is 402 g/mol. The number of fused-ring (bicyclic) bond motifs is 3. The summed E-state index contributed by atoms with van der Waals surface area (Å²) in [7, 11) is 0. The van der Waals surface area contributed by atoms with Gasteiger partial charge in [0.25, 0.3) is 0 Å². The molecule has 1 aromatic heterocycles. The smallest absolute Gasteiger partial charge is 0.323 e. The number of nitrogens with one attached hydrogen (secondary N) is 3. The van der Waals surface area contributed by atoms with Crippen LogP contribution in [0.1, 0.15) is 12.8 Å². The van der Waals surface area contributed by atoms with Crippen LogP contribution in [0.25, 0.3) is 11.3 Å². The predicted molar refractivity (Wildman–Crippen MR) is 117 cm³/mol. The van der Waals surface area contributed by atoms with Gasteiger partial charge in [-0.25, -0.2) is 14.8 Å². The zero-order chi connectivity index (χ0) is 20.5. The topological polar surface area (TPSA) is 102 Å². The SMILES string of the molecule is O=C1Nc2ccccc2-c2nc(Nc3ccc(N4CCC(O)CC4)cc3)ncc2N1. The van der Waals surface area contributed by atoms with Crippen molar-refractivity contribution in [1.29, 1.82) is 0 Å². The molecule has 8 heteroatoms. The highest BCUT2D eigenvalue weighted by Gasteiger charge is 2.20. The third kappa shape index (κ3) is 3.65. The molecule has 1 fully saturated rings. The maximum absolute atomic E-state index is 12.1.